The van der Waals surface area contributed by atoms with E-state index in [4.69, 9.17) is 18.8 Å². The second-order valence-corrected chi connectivity index (χ2v) is 3.31. The lowest BCUT2D eigenvalue weighted by Crippen LogP contribution is -1.86. The number of nitrogens with zero attached hydrogens (tertiary/aromatic N) is 2. The van der Waals surface area contributed by atoms with Gasteiger partial charge in [0.15, 0.2) is 4.77 Å². The Bertz CT molecular complexity index is 603. The summed E-state index contributed by atoms with van der Waals surface area (Å²) >= 11 is 4.98. The van der Waals surface area contributed by atoms with E-state index >= 15 is 0 Å². The van der Waals surface area contributed by atoms with Gasteiger partial charge in [-0.25, -0.2) is 9.24 Å². The van der Waals surface area contributed by atoms with Gasteiger partial charge in [0, 0.05) is 7.05 Å². The van der Waals surface area contributed by atoms with Gasteiger partial charge in [-0.15, -0.1) is 0 Å². The lowest BCUT2D eigenvalue weighted by atomic mass is 10.2. The second-order valence-electron chi connectivity index (χ2n) is 2.92. The molecule has 1 aromatic heterocycles. The Morgan fingerprint density at radius 3 is 2.93 bits per heavy atom. The van der Waals surface area contributed by atoms with E-state index in [-0.39, 0.29) is 5.69 Å². The summed E-state index contributed by atoms with van der Waals surface area (Å²) in [5.41, 5.74) is 1.37. The van der Waals surface area contributed by atoms with E-state index in [1.807, 2.05) is 0 Å². The van der Waals surface area contributed by atoms with Crippen molar-refractivity contribution in [3.05, 3.63) is 34.1 Å². The van der Waals surface area contributed by atoms with Crippen molar-refractivity contribution in [2.24, 2.45) is 7.05 Å². The zero-order chi connectivity index (χ0) is 10.3. The number of hydrogen-bond acceptors (Lipinski definition) is 1. The van der Waals surface area contributed by atoms with Crippen LogP contribution < -0.4 is 0 Å². The summed E-state index contributed by atoms with van der Waals surface area (Å²) in [5.74, 6) is -0.524. The first-order valence-corrected chi connectivity index (χ1v) is 4.30. The Hall–Kier alpha value is -1.67. The summed E-state index contributed by atoms with van der Waals surface area (Å²) in [6.07, 6.45) is 0. The molecule has 1 aromatic carbocycles. The summed E-state index contributed by atoms with van der Waals surface area (Å²) < 4.78 is 15.4. The Kier molecular flexibility index (Phi) is 1.86. The number of rotatable bonds is 0. The molecule has 2 rings (SSSR count). The molecule has 0 radical (unpaired) electrons. The highest BCUT2D eigenvalue weighted by atomic mass is 32.1. The molecule has 0 aliphatic heterocycles. The van der Waals surface area contributed by atoms with E-state index in [9.17, 15) is 4.39 Å². The third kappa shape index (κ3) is 1.12. The van der Waals surface area contributed by atoms with Crippen LogP contribution in [0.3, 0.4) is 0 Å². The molecule has 0 fully saturated rings. The Labute approximate surface area is 84.6 Å². The van der Waals surface area contributed by atoms with E-state index in [0.717, 1.165) is 5.52 Å². The number of aryl methyl sites for hydroxylation is 1. The zero-order valence-electron chi connectivity index (χ0n) is 7.34. The van der Waals surface area contributed by atoms with Gasteiger partial charge in [0.1, 0.15) is 5.82 Å². The third-order valence-corrected chi connectivity index (χ3v) is 2.47. The number of imidazole rings is 1. The number of H-pyrrole nitrogens is 1. The number of benzene rings is 1. The van der Waals surface area contributed by atoms with Crippen molar-refractivity contribution < 1.29 is 4.39 Å². The minimum atomic E-state index is -0.524. The number of halogens is 1. The first kappa shape index (κ1) is 8.91. The van der Waals surface area contributed by atoms with Crippen molar-refractivity contribution in [3.8, 4) is 0 Å². The Morgan fingerprint density at radius 2 is 2.29 bits per heavy atom. The molecule has 0 amide bonds. The first-order valence-electron chi connectivity index (χ1n) is 3.89. The van der Waals surface area contributed by atoms with Gasteiger partial charge in [-0.2, -0.15) is 0 Å². The number of nitrogens with one attached hydrogen (secondary N) is 1. The number of hydrogen-bond donors (Lipinski definition) is 1. The summed E-state index contributed by atoms with van der Waals surface area (Å²) in [6, 6.07) is 2.78. The molecular formula is C9H6FN3S. The molecule has 0 spiro atoms. The van der Waals surface area contributed by atoms with Crippen LogP contribution in [0.5, 0.6) is 0 Å². The molecule has 3 nitrogen and oxygen atoms in total. The van der Waals surface area contributed by atoms with Crippen molar-refractivity contribution in [1.29, 1.82) is 0 Å². The monoisotopic (exact) mass is 207 g/mol. The molecule has 0 bridgehead atoms. The highest BCUT2D eigenvalue weighted by molar-refractivity contribution is 7.71. The second kappa shape index (κ2) is 2.93. The number of aromatic amines is 1. The highest BCUT2D eigenvalue weighted by Gasteiger charge is 2.07. The van der Waals surface area contributed by atoms with Gasteiger partial charge < -0.3 is 9.55 Å². The molecule has 0 unspecified atom stereocenters. The molecule has 14 heavy (non-hydrogen) atoms. The van der Waals surface area contributed by atoms with Gasteiger partial charge in [-0.05, 0) is 24.4 Å². The fraction of sp³-hybridized carbons (Fsp3) is 0.111. The van der Waals surface area contributed by atoms with Crippen molar-refractivity contribution >= 4 is 28.9 Å². The fourth-order valence-corrected chi connectivity index (χ4v) is 1.53. The van der Waals surface area contributed by atoms with E-state index in [1.165, 1.54) is 12.1 Å². The molecule has 1 heterocycles. The van der Waals surface area contributed by atoms with Crippen molar-refractivity contribution in [2.75, 3.05) is 0 Å². The predicted octanol–water partition coefficient (Wildman–Crippen LogP) is 2.93. The van der Waals surface area contributed by atoms with E-state index in [0.29, 0.717) is 10.3 Å². The first-order chi connectivity index (χ1) is 6.63. The van der Waals surface area contributed by atoms with Crippen molar-refractivity contribution in [2.45, 2.75) is 0 Å². The van der Waals surface area contributed by atoms with Crippen LogP contribution in [0.2, 0.25) is 0 Å². The SMILES string of the molecule is [C-]#[N+]c1cc2c(cc1F)[nH]c(=S)n2C. The largest absolute Gasteiger partial charge is 0.331 e. The quantitative estimate of drug-likeness (QED) is 0.521. The van der Waals surface area contributed by atoms with Gasteiger partial charge >= 0.3 is 0 Å². The Morgan fingerprint density at radius 1 is 1.57 bits per heavy atom. The molecule has 0 aliphatic carbocycles. The number of fused-ring (bicyclic) bond motifs is 1. The van der Waals surface area contributed by atoms with E-state index in [2.05, 4.69) is 9.83 Å². The molecule has 0 aliphatic rings. The Balaban J connectivity index is 2.96. The lowest BCUT2D eigenvalue weighted by molar-refractivity contribution is 0.635. The van der Waals surface area contributed by atoms with Gasteiger partial charge in [0.05, 0.1) is 17.6 Å². The van der Waals surface area contributed by atoms with Crippen LogP contribution in [0.1, 0.15) is 0 Å². The maximum Gasteiger partial charge on any atom is 0.224 e. The van der Waals surface area contributed by atoms with Gasteiger partial charge in [0.2, 0.25) is 5.69 Å². The van der Waals surface area contributed by atoms with Gasteiger partial charge in [-0.3, -0.25) is 0 Å². The van der Waals surface area contributed by atoms with Crippen LogP contribution in [-0.4, -0.2) is 9.55 Å². The molecule has 5 heteroatoms. The van der Waals surface area contributed by atoms with Gasteiger partial charge in [-0.1, -0.05) is 0 Å². The summed E-state index contributed by atoms with van der Waals surface area (Å²) in [5, 5.41) is 0. The molecule has 70 valence electrons. The fourth-order valence-electron chi connectivity index (χ4n) is 1.32. The predicted molar refractivity (Wildman–Crippen MR) is 54.3 cm³/mol. The lowest BCUT2D eigenvalue weighted by Gasteiger charge is -1.96. The number of aromatic nitrogens is 2. The maximum atomic E-state index is 13.2. The topological polar surface area (TPSA) is 25.1 Å². The van der Waals surface area contributed by atoms with Crippen LogP contribution in [0, 0.1) is 17.2 Å². The van der Waals surface area contributed by atoms with E-state index in [1.54, 1.807) is 11.6 Å². The van der Waals surface area contributed by atoms with Crippen LogP contribution in [0.25, 0.3) is 15.9 Å². The minimum Gasteiger partial charge on any atom is -0.331 e. The van der Waals surface area contributed by atoms with Crippen LogP contribution in [0.4, 0.5) is 10.1 Å². The van der Waals surface area contributed by atoms with Crippen molar-refractivity contribution in [3.63, 3.8) is 0 Å². The van der Waals surface area contributed by atoms with Crippen LogP contribution in [-0.2, 0) is 7.05 Å². The molecule has 0 saturated heterocycles. The highest BCUT2D eigenvalue weighted by Crippen LogP contribution is 2.24. The van der Waals surface area contributed by atoms with Crippen LogP contribution in [0.15, 0.2) is 12.1 Å². The summed E-state index contributed by atoms with van der Waals surface area (Å²) in [6.45, 7) is 6.78. The van der Waals surface area contributed by atoms with Crippen molar-refractivity contribution in [1.82, 2.24) is 9.55 Å². The summed E-state index contributed by atoms with van der Waals surface area (Å²) in [7, 11) is 1.77. The van der Waals surface area contributed by atoms with Crippen LogP contribution >= 0.6 is 12.2 Å². The standard InChI is InChI=1S/C9H6FN3S/c1-11-6-4-8-7(3-5(6)10)12-9(14)13(8)2/h3-4H,2H3,(H,12,14). The molecule has 2 aromatic rings. The average molecular weight is 207 g/mol. The average Bonchev–Trinajstić information content (AvgIpc) is 2.41. The molecule has 1 N–H and O–H groups in total. The molecule has 0 atom stereocenters. The smallest absolute Gasteiger partial charge is 0.224 e. The maximum absolute atomic E-state index is 13.2. The molecule has 0 saturated carbocycles. The summed E-state index contributed by atoms with van der Waals surface area (Å²) in [4.78, 5) is 5.94. The zero-order valence-corrected chi connectivity index (χ0v) is 8.15. The third-order valence-electron chi connectivity index (χ3n) is 2.09. The minimum absolute atomic E-state index is 0.0158. The van der Waals surface area contributed by atoms with Gasteiger partial charge in [0.25, 0.3) is 0 Å². The van der Waals surface area contributed by atoms with E-state index < -0.39 is 5.82 Å². The normalized spacial score (nSPS) is 10.4. The molecular weight excluding hydrogens is 201 g/mol.